The molecule has 1 rings (SSSR count). The molecule has 0 heterocycles. The van der Waals surface area contributed by atoms with E-state index in [-0.39, 0.29) is 11.9 Å². The van der Waals surface area contributed by atoms with Crippen LogP contribution in [0, 0.1) is 24.2 Å². The smallest absolute Gasteiger partial charge is 0.304 e. The van der Waals surface area contributed by atoms with E-state index in [1.165, 1.54) is 6.92 Å². The first-order chi connectivity index (χ1) is 7.46. The minimum absolute atomic E-state index is 0.263. The molecule has 88 valence electrons. The fourth-order valence-corrected chi connectivity index (χ4v) is 2.40. The second-order valence-electron chi connectivity index (χ2n) is 4.67. The molecule has 1 unspecified atom stereocenters. The normalized spacial score (nSPS) is 26.4. The predicted octanol–water partition coefficient (Wildman–Crippen LogP) is 2.93. The van der Waals surface area contributed by atoms with Crippen molar-refractivity contribution in [1.29, 1.82) is 0 Å². The van der Waals surface area contributed by atoms with Gasteiger partial charge in [0.15, 0.2) is 5.60 Å². The lowest BCUT2D eigenvalue weighted by Gasteiger charge is -2.28. The first-order valence-corrected chi connectivity index (χ1v) is 5.79. The van der Waals surface area contributed by atoms with Gasteiger partial charge >= 0.3 is 5.97 Å². The first-order valence-electron chi connectivity index (χ1n) is 5.79. The van der Waals surface area contributed by atoms with E-state index in [0.29, 0.717) is 5.92 Å². The summed E-state index contributed by atoms with van der Waals surface area (Å²) in [5.74, 6) is 3.10. The zero-order chi connectivity index (χ0) is 12.3. The van der Waals surface area contributed by atoms with E-state index in [9.17, 15) is 4.79 Å². The van der Waals surface area contributed by atoms with Crippen LogP contribution in [0.25, 0.3) is 0 Å². The number of ether oxygens (including phenoxy) is 1. The Kier molecular flexibility index (Phi) is 3.80. The summed E-state index contributed by atoms with van der Waals surface area (Å²) in [6.45, 7) is 9.42. The highest BCUT2D eigenvalue weighted by Gasteiger charge is 2.54. The summed E-state index contributed by atoms with van der Waals surface area (Å²) in [7, 11) is 0. The molecule has 2 nitrogen and oxygen atoms in total. The summed E-state index contributed by atoms with van der Waals surface area (Å²) in [6, 6.07) is 0. The van der Waals surface area contributed by atoms with Gasteiger partial charge < -0.3 is 4.74 Å². The first kappa shape index (κ1) is 12.8. The Balaban J connectivity index is 2.84. The third kappa shape index (κ3) is 2.47. The van der Waals surface area contributed by atoms with Crippen LogP contribution in [0.2, 0.25) is 0 Å². The van der Waals surface area contributed by atoms with Gasteiger partial charge in [0.25, 0.3) is 0 Å². The summed E-state index contributed by atoms with van der Waals surface area (Å²) < 4.78 is 5.42. The average molecular weight is 220 g/mol. The molecule has 1 saturated carbocycles. The van der Waals surface area contributed by atoms with Gasteiger partial charge in [-0.15, -0.1) is 6.42 Å². The van der Waals surface area contributed by atoms with Crippen LogP contribution in [0.4, 0.5) is 0 Å². The molecular weight excluding hydrogens is 200 g/mol. The lowest BCUT2D eigenvalue weighted by atomic mass is 9.90. The van der Waals surface area contributed by atoms with Gasteiger partial charge in [-0.1, -0.05) is 31.4 Å². The van der Waals surface area contributed by atoms with E-state index in [1.807, 2.05) is 13.8 Å². The molecule has 3 atom stereocenters. The molecule has 0 aromatic rings. The highest BCUT2D eigenvalue weighted by molar-refractivity contribution is 5.67. The summed E-state index contributed by atoms with van der Waals surface area (Å²) in [5, 5.41) is 0. The molecule has 0 aromatic heterocycles. The lowest BCUT2D eigenvalue weighted by molar-refractivity contribution is -0.154. The Morgan fingerprint density at radius 2 is 2.25 bits per heavy atom. The van der Waals surface area contributed by atoms with Crippen LogP contribution in [0.3, 0.4) is 0 Å². The molecule has 0 saturated heterocycles. The van der Waals surface area contributed by atoms with Crippen LogP contribution in [-0.2, 0) is 9.53 Å². The van der Waals surface area contributed by atoms with Crippen LogP contribution in [0.5, 0.6) is 0 Å². The summed E-state index contributed by atoms with van der Waals surface area (Å²) >= 11 is 0. The van der Waals surface area contributed by atoms with Crippen molar-refractivity contribution in [3.05, 3.63) is 12.2 Å². The molecule has 0 bridgehead atoms. The minimum atomic E-state index is -0.704. The van der Waals surface area contributed by atoms with Gasteiger partial charge in [-0.05, 0) is 25.7 Å². The van der Waals surface area contributed by atoms with Crippen molar-refractivity contribution in [1.82, 2.24) is 0 Å². The topological polar surface area (TPSA) is 26.3 Å². The number of carbonyl (C=O) groups is 1. The third-order valence-corrected chi connectivity index (χ3v) is 3.21. The molecule has 0 aromatic carbocycles. The van der Waals surface area contributed by atoms with Gasteiger partial charge in [0, 0.05) is 12.8 Å². The molecule has 16 heavy (non-hydrogen) atoms. The van der Waals surface area contributed by atoms with Crippen LogP contribution in [0.15, 0.2) is 12.2 Å². The SMILES string of the molecule is C#CC(CCC)(OC(C)=O)[C@H]1C[C@@H]1C(=C)C. The maximum Gasteiger partial charge on any atom is 0.304 e. The third-order valence-electron chi connectivity index (χ3n) is 3.21. The summed E-state index contributed by atoms with van der Waals surface area (Å²) in [5.41, 5.74) is 0.428. The van der Waals surface area contributed by atoms with Crippen LogP contribution < -0.4 is 0 Å². The fourth-order valence-electron chi connectivity index (χ4n) is 2.40. The molecule has 0 spiro atoms. The van der Waals surface area contributed by atoms with E-state index < -0.39 is 5.60 Å². The molecule has 1 aliphatic rings. The Bertz CT molecular complexity index is 337. The van der Waals surface area contributed by atoms with Crippen molar-refractivity contribution in [3.8, 4) is 12.3 Å². The number of esters is 1. The van der Waals surface area contributed by atoms with Gasteiger partial charge in [-0.25, -0.2) is 0 Å². The monoisotopic (exact) mass is 220 g/mol. The maximum atomic E-state index is 11.2. The standard InChI is InChI=1S/C14H20O2/c1-6-8-14(7-2,16-11(5)15)13-9-12(13)10(3)4/h2,12-13H,3,6,8-9H2,1,4-5H3/t12-,13+,14?/m1/s1. The van der Waals surface area contributed by atoms with Crippen molar-refractivity contribution in [2.24, 2.45) is 11.8 Å². The van der Waals surface area contributed by atoms with Crippen molar-refractivity contribution >= 4 is 5.97 Å². The zero-order valence-electron chi connectivity index (χ0n) is 10.4. The van der Waals surface area contributed by atoms with Gasteiger partial charge in [0.05, 0.1) is 0 Å². The number of allylic oxidation sites excluding steroid dienone is 1. The number of rotatable bonds is 5. The fraction of sp³-hybridized carbons (Fsp3) is 0.643. The summed E-state index contributed by atoms with van der Waals surface area (Å²) in [6.07, 6.45) is 8.23. The number of hydrogen-bond donors (Lipinski definition) is 0. The van der Waals surface area contributed by atoms with E-state index in [2.05, 4.69) is 12.5 Å². The van der Waals surface area contributed by atoms with E-state index in [4.69, 9.17) is 11.2 Å². The van der Waals surface area contributed by atoms with Crippen molar-refractivity contribution in [2.45, 2.75) is 45.6 Å². The van der Waals surface area contributed by atoms with Crippen LogP contribution >= 0.6 is 0 Å². The average Bonchev–Trinajstić information content (AvgIpc) is 2.96. The quantitative estimate of drug-likeness (QED) is 0.404. The molecule has 1 aliphatic carbocycles. The highest BCUT2D eigenvalue weighted by atomic mass is 16.6. The van der Waals surface area contributed by atoms with Crippen LogP contribution in [-0.4, -0.2) is 11.6 Å². The predicted molar refractivity (Wildman–Crippen MR) is 64.6 cm³/mol. The van der Waals surface area contributed by atoms with Crippen molar-refractivity contribution in [2.75, 3.05) is 0 Å². The van der Waals surface area contributed by atoms with E-state index >= 15 is 0 Å². The molecule has 0 amide bonds. The zero-order valence-corrected chi connectivity index (χ0v) is 10.4. The molecular formula is C14H20O2. The molecule has 0 radical (unpaired) electrons. The Morgan fingerprint density at radius 3 is 2.56 bits per heavy atom. The van der Waals surface area contributed by atoms with E-state index in [0.717, 1.165) is 24.8 Å². The minimum Gasteiger partial charge on any atom is -0.446 e. The van der Waals surface area contributed by atoms with Crippen LogP contribution in [0.1, 0.15) is 40.0 Å². The molecule has 0 aliphatic heterocycles. The van der Waals surface area contributed by atoms with Gasteiger partial charge in [0.1, 0.15) is 0 Å². The molecule has 1 fully saturated rings. The Morgan fingerprint density at radius 1 is 1.62 bits per heavy atom. The second-order valence-corrected chi connectivity index (χ2v) is 4.67. The summed E-state index contributed by atoms with van der Waals surface area (Å²) in [4.78, 5) is 11.2. The Hall–Kier alpha value is -1.23. The Labute approximate surface area is 98.1 Å². The van der Waals surface area contributed by atoms with E-state index in [1.54, 1.807) is 0 Å². The number of hydrogen-bond acceptors (Lipinski definition) is 2. The van der Waals surface area contributed by atoms with Crippen molar-refractivity contribution < 1.29 is 9.53 Å². The number of carbonyl (C=O) groups excluding carboxylic acids is 1. The largest absolute Gasteiger partial charge is 0.446 e. The van der Waals surface area contributed by atoms with Gasteiger partial charge in [0.2, 0.25) is 0 Å². The van der Waals surface area contributed by atoms with Gasteiger partial charge in [-0.2, -0.15) is 0 Å². The van der Waals surface area contributed by atoms with Crippen molar-refractivity contribution in [3.63, 3.8) is 0 Å². The maximum absolute atomic E-state index is 11.2. The lowest BCUT2D eigenvalue weighted by Crippen LogP contribution is -2.36. The second kappa shape index (κ2) is 4.74. The highest BCUT2D eigenvalue weighted by Crippen LogP contribution is 2.53. The number of terminal acetylenes is 1. The molecule has 0 N–H and O–H groups in total. The molecule has 2 heteroatoms. The van der Waals surface area contributed by atoms with Gasteiger partial charge in [-0.3, -0.25) is 4.79 Å².